The smallest absolute Gasteiger partial charge is 0.252 e. The monoisotopic (exact) mass is 343 g/mol. The zero-order valence-corrected chi connectivity index (χ0v) is 13.1. The van der Waals surface area contributed by atoms with Crippen molar-refractivity contribution in [3.8, 4) is 11.3 Å². The van der Waals surface area contributed by atoms with Gasteiger partial charge in [-0.25, -0.2) is 18.5 Å². The average molecular weight is 343 g/mol. The molecule has 1 aromatic carbocycles. The largest absolute Gasteiger partial charge is 0.326 e. The number of hydrogen-bond donors (Lipinski definition) is 3. The Morgan fingerprint density at radius 1 is 1.04 bits per heavy atom. The maximum Gasteiger partial charge on any atom is 0.252 e. The molecule has 3 rings (SSSR count). The first-order chi connectivity index (χ1) is 11.4. The van der Waals surface area contributed by atoms with Gasteiger partial charge in [-0.05, 0) is 36.4 Å². The van der Waals surface area contributed by atoms with Gasteiger partial charge in [0.1, 0.15) is 0 Å². The van der Waals surface area contributed by atoms with E-state index in [1.165, 1.54) is 30.3 Å². The van der Waals surface area contributed by atoms with Crippen LogP contribution in [0.2, 0.25) is 0 Å². The minimum atomic E-state index is -3.75. The first-order valence-corrected chi connectivity index (χ1v) is 8.38. The maximum atomic E-state index is 11.8. The summed E-state index contributed by atoms with van der Waals surface area (Å²) in [5.41, 5.74) is 1.48. The van der Waals surface area contributed by atoms with Crippen molar-refractivity contribution < 1.29 is 8.42 Å². The van der Waals surface area contributed by atoms with Crippen LogP contribution < -0.4 is 16.0 Å². The molecule has 0 aliphatic rings. The molecule has 0 aliphatic carbocycles. The lowest BCUT2D eigenvalue weighted by Gasteiger charge is -2.08. The Balaban J connectivity index is 1.91. The number of anilines is 2. The molecule has 0 atom stereocenters. The summed E-state index contributed by atoms with van der Waals surface area (Å²) in [6.45, 7) is 0. The molecule has 2 heterocycles. The summed E-state index contributed by atoms with van der Waals surface area (Å²) in [6, 6.07) is 10.6. The Hall–Kier alpha value is -3.04. The number of pyridine rings is 1. The van der Waals surface area contributed by atoms with Crippen LogP contribution >= 0.6 is 0 Å². The highest BCUT2D eigenvalue weighted by atomic mass is 32.2. The molecule has 3 aromatic rings. The molecule has 2 aromatic heterocycles. The Morgan fingerprint density at radius 2 is 1.71 bits per heavy atom. The molecular weight excluding hydrogens is 330 g/mol. The highest BCUT2D eigenvalue weighted by molar-refractivity contribution is 7.89. The molecular formula is C15H13N5O3S. The predicted molar refractivity (Wildman–Crippen MR) is 89.2 cm³/mol. The second kappa shape index (κ2) is 6.22. The molecule has 0 saturated heterocycles. The fourth-order valence-electron chi connectivity index (χ4n) is 2.05. The summed E-state index contributed by atoms with van der Waals surface area (Å²) in [7, 11) is -3.75. The van der Waals surface area contributed by atoms with Crippen LogP contribution in [0.4, 0.5) is 11.6 Å². The quantitative estimate of drug-likeness (QED) is 0.653. The number of nitrogens with zero attached hydrogens (tertiary/aromatic N) is 2. The molecule has 0 spiro atoms. The number of sulfonamides is 1. The topological polar surface area (TPSA) is 131 Å². The Bertz CT molecular complexity index is 1010. The molecule has 0 bridgehead atoms. The van der Waals surface area contributed by atoms with Crippen molar-refractivity contribution in [1.82, 2.24) is 15.0 Å². The van der Waals surface area contributed by atoms with Gasteiger partial charge in [0.15, 0.2) is 0 Å². The number of benzene rings is 1. The van der Waals surface area contributed by atoms with Crippen LogP contribution in [0.15, 0.2) is 64.5 Å². The van der Waals surface area contributed by atoms with Gasteiger partial charge < -0.3 is 5.32 Å². The van der Waals surface area contributed by atoms with Crippen molar-refractivity contribution in [2.75, 3.05) is 5.32 Å². The Labute approximate surface area is 137 Å². The molecule has 0 saturated carbocycles. The second-order valence-electron chi connectivity index (χ2n) is 4.91. The van der Waals surface area contributed by atoms with Gasteiger partial charge in [0.05, 0.1) is 10.6 Å². The zero-order valence-electron chi connectivity index (χ0n) is 12.3. The number of aromatic nitrogens is 3. The van der Waals surface area contributed by atoms with E-state index < -0.39 is 10.0 Å². The summed E-state index contributed by atoms with van der Waals surface area (Å²) in [5, 5.41) is 7.97. The summed E-state index contributed by atoms with van der Waals surface area (Å²) in [5.74, 6) is 0.234. The molecule has 0 unspecified atom stereocenters. The van der Waals surface area contributed by atoms with E-state index in [-0.39, 0.29) is 16.4 Å². The normalized spacial score (nSPS) is 11.2. The van der Waals surface area contributed by atoms with E-state index in [1.54, 1.807) is 24.5 Å². The van der Waals surface area contributed by atoms with Crippen LogP contribution in [0.1, 0.15) is 0 Å². The van der Waals surface area contributed by atoms with Gasteiger partial charge in [0.25, 0.3) is 5.56 Å². The highest BCUT2D eigenvalue weighted by Crippen LogP contribution is 2.18. The van der Waals surface area contributed by atoms with Gasteiger partial charge in [-0.2, -0.15) is 0 Å². The fraction of sp³-hybridized carbons (Fsp3) is 0. The standard InChI is InChI=1S/C15H13N5O3S/c16-24(22,23)12-3-1-11(2-4-12)18-15-19-13(9-14(21)20-15)10-5-7-17-8-6-10/h1-9H,(H2,16,22,23)(H2,18,19,20,21). The number of aromatic amines is 1. The van der Waals surface area contributed by atoms with Crippen molar-refractivity contribution in [3.63, 3.8) is 0 Å². The Morgan fingerprint density at radius 3 is 2.33 bits per heavy atom. The van der Waals surface area contributed by atoms with E-state index in [0.717, 1.165) is 5.56 Å². The molecule has 0 fully saturated rings. The third-order valence-electron chi connectivity index (χ3n) is 3.16. The van der Waals surface area contributed by atoms with Gasteiger partial charge in [0, 0.05) is 29.7 Å². The lowest BCUT2D eigenvalue weighted by molar-refractivity contribution is 0.598. The van der Waals surface area contributed by atoms with Crippen molar-refractivity contribution in [2.45, 2.75) is 4.90 Å². The third kappa shape index (κ3) is 3.65. The number of rotatable bonds is 4. The van der Waals surface area contributed by atoms with Crippen LogP contribution in [-0.4, -0.2) is 23.4 Å². The molecule has 24 heavy (non-hydrogen) atoms. The van der Waals surface area contributed by atoms with Gasteiger partial charge in [-0.15, -0.1) is 0 Å². The summed E-state index contributed by atoms with van der Waals surface area (Å²) in [4.78, 5) is 22.6. The number of hydrogen-bond acceptors (Lipinski definition) is 6. The zero-order chi connectivity index (χ0) is 17.2. The number of nitrogens with one attached hydrogen (secondary N) is 2. The summed E-state index contributed by atoms with van der Waals surface area (Å²) >= 11 is 0. The van der Waals surface area contributed by atoms with Gasteiger partial charge in [0.2, 0.25) is 16.0 Å². The van der Waals surface area contributed by atoms with Crippen LogP contribution in [-0.2, 0) is 10.0 Å². The first kappa shape index (κ1) is 15.8. The van der Waals surface area contributed by atoms with Crippen molar-refractivity contribution in [1.29, 1.82) is 0 Å². The van der Waals surface area contributed by atoms with Crippen molar-refractivity contribution in [3.05, 3.63) is 65.2 Å². The molecule has 122 valence electrons. The van der Waals surface area contributed by atoms with Crippen LogP contribution in [0.5, 0.6) is 0 Å². The van der Waals surface area contributed by atoms with Crippen molar-refractivity contribution in [2.24, 2.45) is 5.14 Å². The van der Waals surface area contributed by atoms with E-state index in [2.05, 4.69) is 20.3 Å². The molecule has 0 amide bonds. The lowest BCUT2D eigenvalue weighted by Crippen LogP contribution is -2.12. The highest BCUT2D eigenvalue weighted by Gasteiger charge is 2.08. The van der Waals surface area contributed by atoms with Gasteiger partial charge in [-0.3, -0.25) is 14.8 Å². The van der Waals surface area contributed by atoms with Gasteiger partial charge in [-0.1, -0.05) is 0 Å². The minimum absolute atomic E-state index is 0.0000360. The second-order valence-corrected chi connectivity index (χ2v) is 6.47. The van der Waals surface area contributed by atoms with E-state index >= 15 is 0 Å². The van der Waals surface area contributed by atoms with Crippen LogP contribution in [0.25, 0.3) is 11.3 Å². The maximum absolute atomic E-state index is 11.8. The molecule has 0 radical (unpaired) electrons. The van der Waals surface area contributed by atoms with E-state index in [0.29, 0.717) is 11.4 Å². The average Bonchev–Trinajstić information content (AvgIpc) is 2.55. The Kier molecular flexibility index (Phi) is 4.11. The summed E-state index contributed by atoms with van der Waals surface area (Å²) in [6.07, 6.45) is 3.22. The number of primary sulfonamides is 1. The number of nitrogens with two attached hydrogens (primary N) is 1. The molecule has 0 aliphatic heterocycles. The van der Waals surface area contributed by atoms with E-state index in [4.69, 9.17) is 5.14 Å². The van der Waals surface area contributed by atoms with Crippen LogP contribution in [0, 0.1) is 0 Å². The summed E-state index contributed by atoms with van der Waals surface area (Å²) < 4.78 is 22.5. The van der Waals surface area contributed by atoms with Crippen molar-refractivity contribution >= 4 is 21.7 Å². The lowest BCUT2D eigenvalue weighted by atomic mass is 10.2. The first-order valence-electron chi connectivity index (χ1n) is 6.83. The van der Waals surface area contributed by atoms with Crippen LogP contribution in [0.3, 0.4) is 0 Å². The SMILES string of the molecule is NS(=O)(=O)c1ccc(Nc2nc(-c3ccncc3)cc(=O)[nH]2)cc1. The third-order valence-corrected chi connectivity index (χ3v) is 4.09. The fourth-order valence-corrected chi connectivity index (χ4v) is 2.57. The predicted octanol–water partition coefficient (Wildman–Crippen LogP) is 1.22. The molecule has 4 N–H and O–H groups in total. The molecule has 9 heteroatoms. The molecule has 8 nitrogen and oxygen atoms in total. The van der Waals surface area contributed by atoms with Gasteiger partial charge >= 0.3 is 0 Å². The van der Waals surface area contributed by atoms with E-state index in [1.807, 2.05) is 0 Å². The minimum Gasteiger partial charge on any atom is -0.326 e. The van der Waals surface area contributed by atoms with E-state index in [9.17, 15) is 13.2 Å². The number of H-pyrrole nitrogens is 1.